The molecule has 3 aromatic carbocycles. The summed E-state index contributed by atoms with van der Waals surface area (Å²) in [6, 6.07) is 24.3. The van der Waals surface area contributed by atoms with Crippen molar-refractivity contribution in [2.75, 3.05) is 0 Å². The fourth-order valence-electron chi connectivity index (χ4n) is 4.06. The number of fused-ring (bicyclic) bond motifs is 1. The van der Waals surface area contributed by atoms with Crippen molar-refractivity contribution in [2.24, 2.45) is 5.73 Å². The molecule has 0 saturated carbocycles. The Labute approximate surface area is 221 Å². The predicted molar refractivity (Wildman–Crippen MR) is 144 cm³/mol. The van der Waals surface area contributed by atoms with E-state index < -0.39 is 29.9 Å². The number of H-pyrrole nitrogens is 1. The van der Waals surface area contributed by atoms with Crippen LogP contribution in [-0.4, -0.2) is 34.9 Å². The summed E-state index contributed by atoms with van der Waals surface area (Å²) in [7, 11) is 0. The van der Waals surface area contributed by atoms with Crippen molar-refractivity contribution in [3.05, 3.63) is 108 Å². The van der Waals surface area contributed by atoms with Crippen molar-refractivity contribution >= 4 is 28.7 Å². The van der Waals surface area contributed by atoms with Crippen LogP contribution in [0.15, 0.2) is 91.1 Å². The van der Waals surface area contributed by atoms with E-state index in [4.69, 9.17) is 15.2 Å². The highest BCUT2D eigenvalue weighted by Crippen LogP contribution is 2.19. The standard InChI is InChI=1S/C30H31N3O5/c31-25(17-23-18-32-26-14-8-7-13-24(23)26)29(35)33-27(30(36)38-20-22-11-5-2-6-12-22)15-16-28(34)37-19-21-9-3-1-4-10-21/h1-14,18,25,27,32H,15-17,19-20,31H2,(H,33,35). The topological polar surface area (TPSA) is 124 Å². The van der Waals surface area contributed by atoms with Crippen molar-refractivity contribution in [1.82, 2.24) is 10.3 Å². The van der Waals surface area contributed by atoms with Gasteiger partial charge in [-0.1, -0.05) is 78.9 Å². The van der Waals surface area contributed by atoms with Crippen molar-refractivity contribution in [2.45, 2.75) is 44.6 Å². The molecule has 8 heteroatoms. The number of aromatic amines is 1. The van der Waals surface area contributed by atoms with Crippen LogP contribution >= 0.6 is 0 Å². The van der Waals surface area contributed by atoms with Gasteiger partial charge in [-0.25, -0.2) is 4.79 Å². The average Bonchev–Trinajstić information content (AvgIpc) is 3.36. The summed E-state index contributed by atoms with van der Waals surface area (Å²) in [6.07, 6.45) is 2.05. The molecular formula is C30H31N3O5. The van der Waals surface area contributed by atoms with Gasteiger partial charge in [0, 0.05) is 23.5 Å². The zero-order valence-electron chi connectivity index (χ0n) is 21.0. The Balaban J connectivity index is 1.36. The summed E-state index contributed by atoms with van der Waals surface area (Å²) >= 11 is 0. The van der Waals surface area contributed by atoms with Crippen LogP contribution in [0.2, 0.25) is 0 Å². The molecule has 4 N–H and O–H groups in total. The quantitative estimate of drug-likeness (QED) is 0.248. The van der Waals surface area contributed by atoms with Gasteiger partial charge in [0.15, 0.2) is 0 Å². The third kappa shape index (κ3) is 7.54. The first kappa shape index (κ1) is 26.6. The van der Waals surface area contributed by atoms with E-state index >= 15 is 0 Å². The Morgan fingerprint density at radius 3 is 2.11 bits per heavy atom. The van der Waals surface area contributed by atoms with Gasteiger partial charge < -0.3 is 25.5 Å². The molecule has 0 bridgehead atoms. The molecule has 8 nitrogen and oxygen atoms in total. The summed E-state index contributed by atoms with van der Waals surface area (Å²) in [5.74, 6) is -1.63. The molecule has 0 aliphatic heterocycles. The molecule has 0 radical (unpaired) electrons. The number of nitrogens with one attached hydrogen (secondary N) is 2. The molecule has 1 aromatic heterocycles. The van der Waals surface area contributed by atoms with Crippen molar-refractivity contribution in [1.29, 1.82) is 0 Å². The second-order valence-electron chi connectivity index (χ2n) is 9.01. The minimum Gasteiger partial charge on any atom is -0.461 e. The monoisotopic (exact) mass is 513 g/mol. The van der Waals surface area contributed by atoms with Gasteiger partial charge in [0.1, 0.15) is 19.3 Å². The van der Waals surface area contributed by atoms with Gasteiger partial charge in [0.25, 0.3) is 0 Å². The van der Waals surface area contributed by atoms with Crippen LogP contribution in [0.1, 0.15) is 29.5 Å². The summed E-state index contributed by atoms with van der Waals surface area (Å²) in [6.45, 7) is 0.177. The van der Waals surface area contributed by atoms with Crippen LogP contribution in [-0.2, 0) is 43.5 Å². The fraction of sp³-hybridized carbons (Fsp3) is 0.233. The van der Waals surface area contributed by atoms with Gasteiger partial charge in [0.05, 0.1) is 6.04 Å². The molecule has 4 rings (SSSR count). The molecule has 2 unspecified atom stereocenters. The smallest absolute Gasteiger partial charge is 0.328 e. The van der Waals surface area contributed by atoms with Gasteiger partial charge in [-0.15, -0.1) is 0 Å². The largest absolute Gasteiger partial charge is 0.461 e. The molecule has 1 heterocycles. The van der Waals surface area contributed by atoms with Gasteiger partial charge in [-0.3, -0.25) is 9.59 Å². The number of carbonyl (C=O) groups excluding carboxylic acids is 3. The number of hydrogen-bond acceptors (Lipinski definition) is 6. The molecule has 0 spiro atoms. The van der Waals surface area contributed by atoms with E-state index in [9.17, 15) is 14.4 Å². The fourth-order valence-corrected chi connectivity index (χ4v) is 4.06. The third-order valence-corrected chi connectivity index (χ3v) is 6.16. The molecule has 0 saturated heterocycles. The summed E-state index contributed by atoms with van der Waals surface area (Å²) in [4.78, 5) is 41.4. The highest BCUT2D eigenvalue weighted by Gasteiger charge is 2.26. The summed E-state index contributed by atoms with van der Waals surface area (Å²) in [5, 5.41) is 3.67. The van der Waals surface area contributed by atoms with Crippen LogP contribution in [0.5, 0.6) is 0 Å². The number of benzene rings is 3. The van der Waals surface area contributed by atoms with Gasteiger partial charge in [0.2, 0.25) is 5.91 Å². The van der Waals surface area contributed by atoms with Crippen LogP contribution < -0.4 is 11.1 Å². The Morgan fingerprint density at radius 1 is 0.816 bits per heavy atom. The lowest BCUT2D eigenvalue weighted by molar-refractivity contribution is -0.150. The van der Waals surface area contributed by atoms with Crippen LogP contribution in [0, 0.1) is 0 Å². The number of aromatic nitrogens is 1. The summed E-state index contributed by atoms with van der Waals surface area (Å²) in [5.41, 5.74) is 9.73. The Bertz CT molecular complexity index is 1350. The van der Waals surface area contributed by atoms with E-state index in [1.54, 1.807) is 0 Å². The SMILES string of the molecule is NC(Cc1c[nH]c2ccccc12)C(=O)NC(CCC(=O)OCc1ccccc1)C(=O)OCc1ccccc1. The first-order valence-electron chi connectivity index (χ1n) is 12.5. The number of carbonyl (C=O) groups is 3. The molecular weight excluding hydrogens is 482 g/mol. The molecule has 0 fully saturated rings. The van der Waals surface area contributed by atoms with Crippen LogP contribution in [0.25, 0.3) is 10.9 Å². The Hall–Kier alpha value is -4.43. The van der Waals surface area contributed by atoms with E-state index in [0.717, 1.165) is 27.6 Å². The second kappa shape index (κ2) is 13.2. The van der Waals surface area contributed by atoms with Gasteiger partial charge in [-0.05, 0) is 35.6 Å². The molecule has 38 heavy (non-hydrogen) atoms. The summed E-state index contributed by atoms with van der Waals surface area (Å²) < 4.78 is 10.8. The highest BCUT2D eigenvalue weighted by atomic mass is 16.5. The lowest BCUT2D eigenvalue weighted by Gasteiger charge is -2.20. The van der Waals surface area contributed by atoms with Crippen molar-refractivity contribution < 1.29 is 23.9 Å². The molecule has 2 atom stereocenters. The molecule has 0 aliphatic carbocycles. The minimum atomic E-state index is -1.05. The molecule has 1 amide bonds. The Kier molecular flexibility index (Phi) is 9.26. The molecule has 0 aliphatic rings. The van der Waals surface area contributed by atoms with E-state index in [1.165, 1.54) is 0 Å². The number of ether oxygens (including phenoxy) is 2. The second-order valence-corrected chi connectivity index (χ2v) is 9.01. The van der Waals surface area contributed by atoms with E-state index in [1.807, 2.05) is 91.1 Å². The third-order valence-electron chi connectivity index (χ3n) is 6.16. The van der Waals surface area contributed by atoms with Crippen molar-refractivity contribution in [3.63, 3.8) is 0 Å². The predicted octanol–water partition coefficient (Wildman–Crippen LogP) is 3.79. The number of hydrogen-bond donors (Lipinski definition) is 3. The average molecular weight is 514 g/mol. The lowest BCUT2D eigenvalue weighted by Crippen LogP contribution is -2.49. The van der Waals surface area contributed by atoms with Crippen LogP contribution in [0.3, 0.4) is 0 Å². The molecule has 196 valence electrons. The minimum absolute atomic E-state index is 0.0206. The zero-order chi connectivity index (χ0) is 26.7. The maximum absolute atomic E-state index is 13.0. The van der Waals surface area contributed by atoms with Crippen LogP contribution in [0.4, 0.5) is 0 Å². The van der Waals surface area contributed by atoms with Gasteiger partial charge in [-0.2, -0.15) is 0 Å². The van der Waals surface area contributed by atoms with Crippen molar-refractivity contribution in [3.8, 4) is 0 Å². The first-order chi connectivity index (χ1) is 18.5. The van der Waals surface area contributed by atoms with E-state index in [0.29, 0.717) is 0 Å². The number of amides is 1. The van der Waals surface area contributed by atoms with E-state index in [-0.39, 0.29) is 32.5 Å². The number of para-hydroxylation sites is 1. The number of nitrogens with two attached hydrogens (primary N) is 1. The zero-order valence-corrected chi connectivity index (χ0v) is 21.0. The van der Waals surface area contributed by atoms with E-state index in [2.05, 4.69) is 10.3 Å². The lowest BCUT2D eigenvalue weighted by atomic mass is 10.0. The first-order valence-corrected chi connectivity index (χ1v) is 12.5. The number of esters is 2. The highest BCUT2D eigenvalue weighted by molar-refractivity contribution is 5.89. The normalized spacial score (nSPS) is 12.4. The molecule has 4 aromatic rings. The van der Waals surface area contributed by atoms with Gasteiger partial charge >= 0.3 is 11.9 Å². The number of rotatable bonds is 12. The maximum atomic E-state index is 13.0. The Morgan fingerprint density at radius 2 is 1.42 bits per heavy atom. The maximum Gasteiger partial charge on any atom is 0.328 e.